The molecule has 0 amide bonds. The summed E-state index contributed by atoms with van der Waals surface area (Å²) in [6.45, 7) is 6.61. The van der Waals surface area contributed by atoms with Crippen LogP contribution in [0.5, 0.6) is 0 Å². The van der Waals surface area contributed by atoms with Crippen molar-refractivity contribution in [2.45, 2.75) is 78.2 Å². The Morgan fingerprint density at radius 2 is 1.96 bits per heavy atom. The maximum absolute atomic E-state index is 13.5. The number of nitriles is 1. The van der Waals surface area contributed by atoms with Crippen molar-refractivity contribution in [1.29, 1.82) is 5.26 Å². The second kappa shape index (κ2) is 6.41. The van der Waals surface area contributed by atoms with Gasteiger partial charge < -0.3 is 5.11 Å². The van der Waals surface area contributed by atoms with Crippen LogP contribution in [-0.2, 0) is 9.59 Å². The lowest BCUT2D eigenvalue weighted by Gasteiger charge is -2.59. The minimum absolute atomic E-state index is 0.0124. The summed E-state index contributed by atoms with van der Waals surface area (Å²) in [7, 11) is 0. The van der Waals surface area contributed by atoms with Gasteiger partial charge in [-0.3, -0.25) is 9.59 Å². The number of rotatable bonds is 2. The van der Waals surface area contributed by atoms with E-state index >= 15 is 0 Å². The number of hydrogen-bond donors (Lipinski definition) is 1. The van der Waals surface area contributed by atoms with Gasteiger partial charge in [0.25, 0.3) is 0 Å². The monoisotopic (exact) mass is 371 g/mol. The number of aliphatic hydroxyl groups is 1. The minimum atomic E-state index is -0.275. The molecule has 148 valence electrons. The topological polar surface area (TPSA) is 78.2 Å². The predicted octanol–water partition coefficient (Wildman–Crippen LogP) is 3.91. The smallest absolute Gasteiger partial charge is 0.150 e. The fraction of sp³-hybridized carbons (Fsp3) is 0.870. The third-order valence-corrected chi connectivity index (χ3v) is 9.26. The van der Waals surface area contributed by atoms with Gasteiger partial charge in [-0.1, -0.05) is 20.8 Å². The van der Waals surface area contributed by atoms with E-state index in [1.807, 2.05) is 6.07 Å². The highest BCUT2D eigenvalue weighted by Gasteiger charge is 2.65. The van der Waals surface area contributed by atoms with Crippen LogP contribution in [0.3, 0.4) is 0 Å². The molecule has 4 heteroatoms. The van der Waals surface area contributed by atoms with E-state index in [-0.39, 0.29) is 46.9 Å². The summed E-state index contributed by atoms with van der Waals surface area (Å²) in [5.41, 5.74) is -0.262. The fourth-order valence-electron chi connectivity index (χ4n) is 8.29. The molecule has 4 nitrogen and oxygen atoms in total. The van der Waals surface area contributed by atoms with Crippen molar-refractivity contribution < 1.29 is 14.7 Å². The molecule has 4 fully saturated rings. The maximum Gasteiger partial charge on any atom is 0.150 e. The van der Waals surface area contributed by atoms with Crippen molar-refractivity contribution in [3.63, 3.8) is 0 Å². The maximum atomic E-state index is 13.5. The Balaban J connectivity index is 1.68. The van der Waals surface area contributed by atoms with Crippen LogP contribution in [0, 0.1) is 57.7 Å². The summed E-state index contributed by atoms with van der Waals surface area (Å²) in [4.78, 5) is 26.3. The third kappa shape index (κ3) is 2.64. The molecule has 1 N–H and O–H groups in total. The van der Waals surface area contributed by atoms with Gasteiger partial charge in [-0.15, -0.1) is 0 Å². The van der Waals surface area contributed by atoms with Crippen LogP contribution < -0.4 is 0 Å². The molecule has 0 aromatic heterocycles. The van der Waals surface area contributed by atoms with E-state index in [2.05, 4.69) is 20.8 Å². The zero-order valence-electron chi connectivity index (χ0n) is 16.9. The van der Waals surface area contributed by atoms with Crippen molar-refractivity contribution in [2.24, 2.45) is 46.3 Å². The van der Waals surface area contributed by atoms with Crippen LogP contribution in [0.1, 0.15) is 72.1 Å². The average Bonchev–Trinajstić information content (AvgIpc) is 2.85. The van der Waals surface area contributed by atoms with E-state index in [4.69, 9.17) is 5.26 Å². The first kappa shape index (κ1) is 19.1. The molecule has 27 heavy (non-hydrogen) atoms. The number of Topliss-reactive ketones (excluding diaryl/α,β-unsaturated/α-hetero) is 2. The largest absolute Gasteiger partial charge is 0.393 e. The van der Waals surface area contributed by atoms with Crippen LogP contribution in [0.15, 0.2) is 0 Å². The van der Waals surface area contributed by atoms with Crippen LogP contribution in [-0.4, -0.2) is 22.8 Å². The van der Waals surface area contributed by atoms with Gasteiger partial charge in [0, 0.05) is 18.3 Å². The molecule has 0 bridgehead atoms. The molecule has 0 spiro atoms. The van der Waals surface area contributed by atoms with Gasteiger partial charge >= 0.3 is 0 Å². The van der Waals surface area contributed by atoms with E-state index in [0.29, 0.717) is 30.0 Å². The number of ketones is 2. The average molecular weight is 372 g/mol. The van der Waals surface area contributed by atoms with E-state index in [0.717, 1.165) is 38.5 Å². The number of aliphatic hydroxyl groups excluding tert-OH is 1. The first-order valence-electron chi connectivity index (χ1n) is 10.8. The van der Waals surface area contributed by atoms with Crippen molar-refractivity contribution in [2.75, 3.05) is 0 Å². The van der Waals surface area contributed by atoms with Gasteiger partial charge in [0.15, 0.2) is 5.78 Å². The highest BCUT2D eigenvalue weighted by Crippen LogP contribution is 2.67. The Hall–Kier alpha value is -1.21. The van der Waals surface area contributed by atoms with Crippen LogP contribution >= 0.6 is 0 Å². The summed E-state index contributed by atoms with van der Waals surface area (Å²) in [5.74, 6) is 1.83. The Morgan fingerprint density at radius 3 is 2.67 bits per heavy atom. The minimum Gasteiger partial charge on any atom is -0.393 e. The van der Waals surface area contributed by atoms with Crippen LogP contribution in [0.2, 0.25) is 0 Å². The van der Waals surface area contributed by atoms with Crippen LogP contribution in [0.25, 0.3) is 0 Å². The summed E-state index contributed by atoms with van der Waals surface area (Å²) in [5, 5.41) is 19.2. The lowest BCUT2D eigenvalue weighted by Crippen LogP contribution is -2.58. The van der Waals surface area contributed by atoms with Gasteiger partial charge in [0.1, 0.15) is 5.78 Å². The Morgan fingerprint density at radius 1 is 1.22 bits per heavy atom. The van der Waals surface area contributed by atoms with Gasteiger partial charge in [-0.05, 0) is 73.0 Å². The predicted molar refractivity (Wildman–Crippen MR) is 101 cm³/mol. The van der Waals surface area contributed by atoms with E-state index in [1.54, 1.807) is 0 Å². The van der Waals surface area contributed by atoms with Crippen molar-refractivity contribution in [3.05, 3.63) is 0 Å². The van der Waals surface area contributed by atoms with Crippen molar-refractivity contribution >= 4 is 11.6 Å². The molecule has 0 unspecified atom stereocenters. The third-order valence-electron chi connectivity index (χ3n) is 9.26. The van der Waals surface area contributed by atoms with E-state index in [9.17, 15) is 14.7 Å². The molecule has 0 saturated heterocycles. The van der Waals surface area contributed by atoms with E-state index in [1.165, 1.54) is 0 Å². The highest BCUT2D eigenvalue weighted by atomic mass is 16.3. The molecule has 0 aliphatic heterocycles. The molecule has 9 atom stereocenters. The molecular weight excluding hydrogens is 338 g/mol. The number of nitrogens with zero attached hydrogens (tertiary/aromatic N) is 1. The van der Waals surface area contributed by atoms with Crippen molar-refractivity contribution in [1.82, 2.24) is 0 Å². The Bertz CT molecular complexity index is 696. The fourth-order valence-corrected chi connectivity index (χ4v) is 8.29. The molecule has 0 aromatic carbocycles. The lowest BCUT2D eigenvalue weighted by molar-refractivity contribution is -0.162. The van der Waals surface area contributed by atoms with E-state index < -0.39 is 0 Å². The number of hydrogen-bond acceptors (Lipinski definition) is 4. The zero-order valence-corrected chi connectivity index (χ0v) is 16.9. The number of carbonyl (C=O) groups is 2. The molecule has 0 radical (unpaired) electrons. The molecule has 4 aliphatic carbocycles. The van der Waals surface area contributed by atoms with Gasteiger partial charge in [-0.25, -0.2) is 0 Å². The first-order valence-corrected chi connectivity index (χ1v) is 10.8. The van der Waals surface area contributed by atoms with Gasteiger partial charge in [0.2, 0.25) is 0 Å². The summed E-state index contributed by atoms with van der Waals surface area (Å²) in [6, 6.07) is 2.03. The highest BCUT2D eigenvalue weighted by molar-refractivity contribution is 5.88. The summed E-state index contributed by atoms with van der Waals surface area (Å²) < 4.78 is 0. The standard InChI is InChI=1S/C23H33NO3/c1-13-10-17-16-5-4-14-11-15(25)6-8-22(14,2)21(16)19(27)12-23(17,3)20(13)18(26)7-9-24/h13-17,20-21,25H,4-8,10-12H2,1-3H3/t13-,14+,15-,16+,17+,20-,21-,22+,23+/m1/s1. The Kier molecular flexibility index (Phi) is 4.54. The first-order chi connectivity index (χ1) is 12.7. The van der Waals surface area contributed by atoms with Gasteiger partial charge in [0.05, 0.1) is 18.6 Å². The molecule has 0 heterocycles. The van der Waals surface area contributed by atoms with Crippen molar-refractivity contribution in [3.8, 4) is 6.07 Å². The summed E-state index contributed by atoms with van der Waals surface area (Å²) in [6.07, 6.45) is 6.02. The number of fused-ring (bicyclic) bond motifs is 5. The SMILES string of the molecule is C[C@@H]1C[C@H]2[C@@H]3CC[C@H]4C[C@H](O)CC[C@]4(C)[C@H]3C(=O)C[C@]2(C)[C@H]1C(=O)CC#N. The quantitative estimate of drug-likeness (QED) is 0.798. The zero-order chi connectivity index (χ0) is 19.6. The second-order valence-electron chi connectivity index (χ2n) is 10.6. The lowest BCUT2D eigenvalue weighted by atomic mass is 9.44. The molecule has 4 saturated carbocycles. The second-order valence-corrected chi connectivity index (χ2v) is 10.6. The van der Waals surface area contributed by atoms with Crippen LogP contribution in [0.4, 0.5) is 0 Å². The van der Waals surface area contributed by atoms with Gasteiger partial charge in [-0.2, -0.15) is 5.26 Å². The normalized spacial score (nSPS) is 51.7. The molecule has 0 aromatic rings. The molecular formula is C23H33NO3. The Labute approximate surface area is 162 Å². The molecule has 4 rings (SSSR count). The number of carbonyl (C=O) groups excluding carboxylic acids is 2. The summed E-state index contributed by atoms with van der Waals surface area (Å²) >= 11 is 0. The molecule has 4 aliphatic rings.